The Balaban J connectivity index is 1.17. The van der Waals surface area contributed by atoms with Crippen LogP contribution in [0, 0.1) is 0 Å². The molecule has 12 aromatic rings. The maximum atomic E-state index is 5.51. The second-order valence-corrected chi connectivity index (χ2v) is 17.6. The normalized spacial score (nSPS) is 12.9. The quantitative estimate of drug-likeness (QED) is 0.168. The molecule has 0 fully saturated rings. The molecule has 0 spiro atoms. The zero-order valence-electron chi connectivity index (χ0n) is 35.9. The second-order valence-electron chi connectivity index (χ2n) is 17.6. The van der Waals surface area contributed by atoms with Gasteiger partial charge in [-0.05, 0) is 51.6 Å². The Bertz CT molecular complexity index is 3790. The molecule has 0 unspecified atom stereocenters. The van der Waals surface area contributed by atoms with E-state index >= 15 is 0 Å². The number of hydrogen-bond donors (Lipinski definition) is 0. The van der Waals surface area contributed by atoms with Crippen LogP contribution in [0.4, 0.5) is 0 Å². The van der Waals surface area contributed by atoms with Crippen molar-refractivity contribution in [2.75, 3.05) is 0 Å². The Kier molecular flexibility index (Phi) is 8.18. The Hall–Kier alpha value is -8.41. The average Bonchev–Trinajstić information content (AvgIpc) is 3.97. The van der Waals surface area contributed by atoms with Crippen molar-refractivity contribution in [1.29, 1.82) is 0 Å². The Labute approximate surface area is 376 Å². The molecule has 9 aromatic carbocycles. The van der Waals surface area contributed by atoms with Gasteiger partial charge in [0, 0.05) is 49.2 Å². The van der Waals surface area contributed by atoms with Crippen LogP contribution in [-0.2, 0) is 5.41 Å². The number of para-hydroxylation sites is 3. The highest BCUT2D eigenvalue weighted by molar-refractivity contribution is 6.24. The number of rotatable bonds is 6. The molecule has 306 valence electrons. The minimum absolute atomic E-state index is 0.115. The molecule has 0 aliphatic heterocycles. The van der Waals surface area contributed by atoms with E-state index in [0.29, 0.717) is 17.6 Å². The molecule has 0 N–H and O–H groups in total. The summed E-state index contributed by atoms with van der Waals surface area (Å²) in [4.78, 5) is 16.2. The highest BCUT2D eigenvalue weighted by Crippen LogP contribution is 2.50. The summed E-state index contributed by atoms with van der Waals surface area (Å²) in [7, 11) is 0. The van der Waals surface area contributed by atoms with Gasteiger partial charge in [0.25, 0.3) is 0 Å². The first-order chi connectivity index (χ1) is 32.0. The van der Waals surface area contributed by atoms with Crippen molar-refractivity contribution in [3.8, 4) is 67.8 Å². The summed E-state index contributed by atoms with van der Waals surface area (Å²) in [6.07, 6.45) is 0. The number of aromatic nitrogens is 5. The molecule has 0 atom stereocenters. The molecular weight excluding hydrogens is 791 g/mol. The summed E-state index contributed by atoms with van der Waals surface area (Å²) in [6, 6.07) is 76.1. The van der Waals surface area contributed by atoms with Gasteiger partial charge in [-0.25, -0.2) is 4.98 Å². The van der Waals surface area contributed by atoms with Crippen LogP contribution in [0.5, 0.6) is 0 Å². The number of nitrogens with zero attached hydrogens (tertiary/aromatic N) is 5. The van der Waals surface area contributed by atoms with E-state index in [9.17, 15) is 0 Å². The lowest BCUT2D eigenvalue weighted by molar-refractivity contribution is 0.660. The highest BCUT2D eigenvalue weighted by Gasteiger charge is 2.35. The first-order valence-electron chi connectivity index (χ1n) is 22.3. The standard InChI is InChI=1S/C60H41N5/c1-60(2)50-30-15-12-25-44(50)49-37-41(33-36-51(49)60)58-61-57(40-23-10-5-11-24-40)62-59(63-58)65-53-32-17-14-27-46(53)48-35-34-47-45-26-13-16-31-52(45)64(55(47)56(48)65)54-42(38-19-6-3-7-20-38)28-18-29-43(54)39-21-8-4-9-22-39/h3-37H,1-2H3. The monoisotopic (exact) mass is 831 g/mol. The summed E-state index contributed by atoms with van der Waals surface area (Å²) in [6.45, 7) is 4.63. The molecule has 1 aliphatic carbocycles. The number of fused-ring (bicyclic) bond motifs is 10. The molecular formula is C60H41N5. The van der Waals surface area contributed by atoms with Gasteiger partial charge in [0.2, 0.25) is 5.95 Å². The molecule has 0 amide bonds. The van der Waals surface area contributed by atoms with Gasteiger partial charge in [0.15, 0.2) is 11.6 Å². The van der Waals surface area contributed by atoms with Crippen LogP contribution in [0.2, 0.25) is 0 Å². The molecule has 0 saturated carbocycles. The van der Waals surface area contributed by atoms with Crippen LogP contribution >= 0.6 is 0 Å². The molecule has 0 saturated heterocycles. The van der Waals surface area contributed by atoms with Gasteiger partial charge < -0.3 is 4.57 Å². The third-order valence-corrected chi connectivity index (χ3v) is 13.6. The lowest BCUT2D eigenvalue weighted by Gasteiger charge is -2.21. The molecule has 13 rings (SSSR count). The van der Waals surface area contributed by atoms with Crippen molar-refractivity contribution >= 4 is 43.6 Å². The summed E-state index contributed by atoms with van der Waals surface area (Å²) < 4.78 is 4.80. The summed E-state index contributed by atoms with van der Waals surface area (Å²) >= 11 is 0. The predicted molar refractivity (Wildman–Crippen MR) is 268 cm³/mol. The van der Waals surface area contributed by atoms with E-state index in [4.69, 9.17) is 15.0 Å². The Morgan fingerprint density at radius 3 is 1.45 bits per heavy atom. The Morgan fingerprint density at radius 2 is 0.815 bits per heavy atom. The van der Waals surface area contributed by atoms with Gasteiger partial charge in [-0.2, -0.15) is 9.97 Å². The van der Waals surface area contributed by atoms with Crippen molar-refractivity contribution in [2.24, 2.45) is 0 Å². The topological polar surface area (TPSA) is 48.5 Å². The molecule has 65 heavy (non-hydrogen) atoms. The van der Waals surface area contributed by atoms with E-state index in [-0.39, 0.29) is 5.41 Å². The molecule has 3 aromatic heterocycles. The SMILES string of the molecule is CC1(C)c2ccccc2-c2cc(-c3nc(-c4ccccc4)nc(-n4c5ccccc5c5ccc6c7ccccc7n(-c7c(-c8ccccc8)cccc7-c7ccccc7)c6c54)n3)ccc21. The van der Waals surface area contributed by atoms with Gasteiger partial charge >= 0.3 is 0 Å². The summed E-state index contributed by atoms with van der Waals surface area (Å²) in [5.74, 6) is 1.80. The lowest BCUT2D eigenvalue weighted by Crippen LogP contribution is -2.14. The first-order valence-corrected chi connectivity index (χ1v) is 22.3. The fourth-order valence-electron chi connectivity index (χ4n) is 10.6. The highest BCUT2D eigenvalue weighted by atomic mass is 15.2. The zero-order valence-corrected chi connectivity index (χ0v) is 35.9. The van der Waals surface area contributed by atoms with Crippen LogP contribution in [0.25, 0.3) is 111 Å². The third-order valence-electron chi connectivity index (χ3n) is 13.6. The maximum Gasteiger partial charge on any atom is 0.238 e. The van der Waals surface area contributed by atoms with Gasteiger partial charge in [-0.1, -0.05) is 208 Å². The third kappa shape index (κ3) is 5.62. The van der Waals surface area contributed by atoms with Gasteiger partial charge in [-0.3, -0.25) is 4.57 Å². The molecule has 0 radical (unpaired) electrons. The minimum Gasteiger partial charge on any atom is -0.306 e. The number of benzene rings is 9. The molecule has 5 nitrogen and oxygen atoms in total. The smallest absolute Gasteiger partial charge is 0.238 e. The van der Waals surface area contributed by atoms with Crippen molar-refractivity contribution in [3.05, 3.63) is 223 Å². The molecule has 5 heteroatoms. The van der Waals surface area contributed by atoms with E-state index in [2.05, 4.69) is 217 Å². The summed E-state index contributed by atoms with van der Waals surface area (Å²) in [5.41, 5.74) is 16.8. The van der Waals surface area contributed by atoms with Gasteiger partial charge in [0.1, 0.15) is 0 Å². The Morgan fingerprint density at radius 1 is 0.338 bits per heavy atom. The van der Waals surface area contributed by atoms with Crippen LogP contribution in [0.1, 0.15) is 25.0 Å². The van der Waals surface area contributed by atoms with Crippen molar-refractivity contribution in [2.45, 2.75) is 19.3 Å². The largest absolute Gasteiger partial charge is 0.306 e. The lowest BCUT2D eigenvalue weighted by atomic mass is 9.82. The molecule has 0 bridgehead atoms. The van der Waals surface area contributed by atoms with Crippen molar-refractivity contribution in [1.82, 2.24) is 24.1 Å². The van der Waals surface area contributed by atoms with Crippen molar-refractivity contribution < 1.29 is 0 Å². The van der Waals surface area contributed by atoms with Crippen LogP contribution in [0.15, 0.2) is 212 Å². The molecule has 1 aliphatic rings. The van der Waals surface area contributed by atoms with Crippen LogP contribution < -0.4 is 0 Å². The van der Waals surface area contributed by atoms with Crippen LogP contribution in [-0.4, -0.2) is 24.1 Å². The fourth-order valence-corrected chi connectivity index (χ4v) is 10.6. The summed E-state index contributed by atoms with van der Waals surface area (Å²) in [5, 5.41) is 4.57. The van der Waals surface area contributed by atoms with E-state index in [1.807, 2.05) is 18.2 Å². The predicted octanol–water partition coefficient (Wildman–Crippen LogP) is 15.0. The van der Waals surface area contributed by atoms with E-state index < -0.39 is 0 Å². The average molecular weight is 832 g/mol. The molecule has 3 heterocycles. The zero-order chi connectivity index (χ0) is 43.2. The first kappa shape index (κ1) is 37.2. The van der Waals surface area contributed by atoms with Crippen molar-refractivity contribution in [3.63, 3.8) is 0 Å². The second kappa shape index (κ2) is 14.3. The van der Waals surface area contributed by atoms with E-state index in [1.54, 1.807) is 0 Å². The van der Waals surface area contributed by atoms with E-state index in [1.165, 1.54) is 27.6 Å². The van der Waals surface area contributed by atoms with Crippen LogP contribution in [0.3, 0.4) is 0 Å². The fraction of sp³-hybridized carbons (Fsp3) is 0.0500. The number of hydrogen-bond acceptors (Lipinski definition) is 3. The van der Waals surface area contributed by atoms with Gasteiger partial charge in [-0.15, -0.1) is 0 Å². The maximum absolute atomic E-state index is 5.51. The van der Waals surface area contributed by atoms with E-state index in [0.717, 1.165) is 77.3 Å². The van der Waals surface area contributed by atoms with Gasteiger partial charge in [0.05, 0.1) is 27.8 Å². The minimum atomic E-state index is -0.115.